The van der Waals surface area contributed by atoms with E-state index in [1.165, 1.54) is 11.6 Å². The van der Waals surface area contributed by atoms with Crippen molar-refractivity contribution in [3.63, 3.8) is 0 Å². The average molecular weight is 856 g/mol. The minimum Gasteiger partial charge on any atom is -0.497 e. The van der Waals surface area contributed by atoms with Crippen molar-refractivity contribution in [1.29, 1.82) is 0 Å². The van der Waals surface area contributed by atoms with Gasteiger partial charge in [-0.3, -0.25) is 23.4 Å². The third-order valence-corrected chi connectivity index (χ3v) is 11.0. The Balaban J connectivity index is 1.45. The van der Waals surface area contributed by atoms with Crippen LogP contribution in [0.5, 0.6) is 5.75 Å². The molecule has 0 bridgehead atoms. The number of hydrogen-bond donors (Lipinski definition) is 7. The minimum absolute atomic E-state index is 0.0407. The molecule has 0 saturated carbocycles. The van der Waals surface area contributed by atoms with Gasteiger partial charge in [0.15, 0.2) is 6.29 Å². The molecular formula is C39H66N7O12P. The van der Waals surface area contributed by atoms with Gasteiger partial charge in [-0.2, -0.15) is 0 Å². The molecule has 20 heteroatoms. The van der Waals surface area contributed by atoms with E-state index in [1.807, 2.05) is 24.3 Å². The van der Waals surface area contributed by atoms with Crippen molar-refractivity contribution in [2.24, 2.45) is 11.1 Å². The second-order valence-electron chi connectivity index (χ2n) is 17.3. The van der Waals surface area contributed by atoms with Crippen molar-refractivity contribution in [3.8, 4) is 17.0 Å². The van der Waals surface area contributed by atoms with Gasteiger partial charge in [-0.1, -0.05) is 44.0 Å². The molecule has 334 valence electrons. The van der Waals surface area contributed by atoms with Gasteiger partial charge in [0.1, 0.15) is 35.8 Å². The summed E-state index contributed by atoms with van der Waals surface area (Å²) in [7, 11) is -1.62. The SMILES string of the molecule is COc1cccc(-c2cn(CC3OC(OCCCCCCNC(=O)C(C)(C)CC(C)(N)C(=O)NC(C)(C)CC(C)(C)OP(=O)(O)OC)C(NC(C)=O)C(O)C3O)nn2)c1. The number of nitrogens with two attached hydrogens (primary N) is 1. The second-order valence-corrected chi connectivity index (χ2v) is 18.8. The first kappa shape index (κ1) is 49.8. The monoisotopic (exact) mass is 855 g/mol. The quantitative estimate of drug-likeness (QED) is 0.0626. The van der Waals surface area contributed by atoms with E-state index in [4.69, 9.17) is 24.5 Å². The molecule has 8 N–H and O–H groups in total. The fourth-order valence-electron chi connectivity index (χ4n) is 7.34. The highest BCUT2D eigenvalue weighted by atomic mass is 31.2. The van der Waals surface area contributed by atoms with Crippen LogP contribution in [0.3, 0.4) is 0 Å². The number of nitrogens with zero attached hydrogens (tertiary/aromatic N) is 3. The molecule has 1 fully saturated rings. The molecule has 7 atom stereocenters. The lowest BCUT2D eigenvalue weighted by Gasteiger charge is -2.42. The number of phosphoric ester groups is 1. The van der Waals surface area contributed by atoms with Gasteiger partial charge < -0.3 is 51.0 Å². The summed E-state index contributed by atoms with van der Waals surface area (Å²) in [5.74, 6) is -0.500. The number of carbonyl (C=O) groups excluding carboxylic acids is 3. The molecule has 1 saturated heterocycles. The van der Waals surface area contributed by atoms with Crippen LogP contribution < -0.4 is 26.4 Å². The predicted octanol–water partition coefficient (Wildman–Crippen LogP) is 2.56. The van der Waals surface area contributed by atoms with Crippen LogP contribution in [-0.4, -0.2) is 123 Å². The smallest absolute Gasteiger partial charge is 0.472 e. The molecule has 59 heavy (non-hydrogen) atoms. The van der Waals surface area contributed by atoms with Crippen LogP contribution in [0.2, 0.25) is 0 Å². The van der Waals surface area contributed by atoms with E-state index in [0.717, 1.165) is 25.5 Å². The summed E-state index contributed by atoms with van der Waals surface area (Å²) < 4.78 is 40.6. The van der Waals surface area contributed by atoms with Gasteiger partial charge in [-0.05, 0) is 72.4 Å². The van der Waals surface area contributed by atoms with Crippen molar-refractivity contribution in [2.75, 3.05) is 27.4 Å². The van der Waals surface area contributed by atoms with Crippen molar-refractivity contribution in [2.45, 2.75) is 148 Å². The number of amides is 3. The summed E-state index contributed by atoms with van der Waals surface area (Å²) >= 11 is 0. The summed E-state index contributed by atoms with van der Waals surface area (Å²) in [5.41, 5.74) is 3.40. The van der Waals surface area contributed by atoms with Crippen molar-refractivity contribution in [1.82, 2.24) is 30.9 Å². The van der Waals surface area contributed by atoms with Crippen LogP contribution in [-0.2, 0) is 44.0 Å². The molecule has 19 nitrogen and oxygen atoms in total. The molecule has 1 aromatic carbocycles. The third-order valence-electron chi connectivity index (χ3n) is 9.84. The van der Waals surface area contributed by atoms with E-state index >= 15 is 0 Å². The van der Waals surface area contributed by atoms with Crippen LogP contribution in [0.25, 0.3) is 11.3 Å². The summed E-state index contributed by atoms with van der Waals surface area (Å²) in [4.78, 5) is 48.3. The maximum Gasteiger partial charge on any atom is 0.472 e. The Labute approximate surface area is 347 Å². The van der Waals surface area contributed by atoms with Gasteiger partial charge in [-0.25, -0.2) is 9.25 Å². The normalized spacial score (nSPS) is 22.2. The third kappa shape index (κ3) is 15.5. The van der Waals surface area contributed by atoms with Crippen LogP contribution >= 0.6 is 7.82 Å². The molecule has 2 heterocycles. The first-order valence-corrected chi connectivity index (χ1v) is 21.2. The van der Waals surface area contributed by atoms with E-state index < -0.39 is 72.4 Å². The zero-order valence-corrected chi connectivity index (χ0v) is 36.9. The summed E-state index contributed by atoms with van der Waals surface area (Å²) in [6, 6.07) is 6.33. The van der Waals surface area contributed by atoms with Gasteiger partial charge >= 0.3 is 7.82 Å². The van der Waals surface area contributed by atoms with Gasteiger partial charge in [0, 0.05) is 43.7 Å². The molecule has 0 radical (unpaired) electrons. The molecule has 1 aliphatic rings. The van der Waals surface area contributed by atoms with E-state index in [0.29, 0.717) is 30.8 Å². The lowest BCUT2D eigenvalue weighted by molar-refractivity contribution is -0.267. The number of carbonyl (C=O) groups is 3. The van der Waals surface area contributed by atoms with E-state index in [9.17, 15) is 34.1 Å². The zero-order valence-electron chi connectivity index (χ0n) is 36.0. The average Bonchev–Trinajstić information content (AvgIpc) is 3.59. The Morgan fingerprint density at radius 1 is 0.983 bits per heavy atom. The first-order chi connectivity index (χ1) is 27.3. The fraction of sp³-hybridized carbons (Fsp3) is 0.718. The molecule has 1 aliphatic heterocycles. The van der Waals surface area contributed by atoms with Gasteiger partial charge in [0.25, 0.3) is 0 Å². The Hall–Kier alpha value is -3.52. The number of nitrogens with one attached hydrogen (secondary N) is 3. The minimum atomic E-state index is -4.26. The molecule has 3 rings (SSSR count). The number of unbranched alkanes of at least 4 members (excludes halogenated alkanes) is 3. The highest BCUT2D eigenvalue weighted by Crippen LogP contribution is 2.48. The van der Waals surface area contributed by atoms with Crippen LogP contribution in [0.1, 0.15) is 93.9 Å². The number of phosphoric acid groups is 1. The van der Waals surface area contributed by atoms with Crippen LogP contribution in [0, 0.1) is 5.41 Å². The molecule has 2 aromatic rings. The van der Waals surface area contributed by atoms with Crippen LogP contribution in [0.15, 0.2) is 30.5 Å². The first-order valence-electron chi connectivity index (χ1n) is 19.7. The summed E-state index contributed by atoms with van der Waals surface area (Å²) in [6.45, 7) is 13.7. The lowest BCUT2D eigenvalue weighted by atomic mass is 9.77. The Morgan fingerprint density at radius 2 is 1.66 bits per heavy atom. The molecule has 3 amide bonds. The largest absolute Gasteiger partial charge is 0.497 e. The zero-order chi connectivity index (χ0) is 44.4. The van der Waals surface area contributed by atoms with E-state index in [2.05, 4.69) is 30.8 Å². The topological polar surface area (TPSA) is 268 Å². The van der Waals surface area contributed by atoms with Crippen molar-refractivity contribution < 1.29 is 57.3 Å². The van der Waals surface area contributed by atoms with Gasteiger partial charge in [0.2, 0.25) is 17.7 Å². The molecule has 0 aliphatic carbocycles. The maximum atomic E-state index is 13.3. The summed E-state index contributed by atoms with van der Waals surface area (Å²) in [6.07, 6.45) is 0.00150. The van der Waals surface area contributed by atoms with Crippen LogP contribution in [0.4, 0.5) is 0 Å². The number of rotatable bonds is 23. The van der Waals surface area contributed by atoms with Crippen molar-refractivity contribution in [3.05, 3.63) is 30.5 Å². The van der Waals surface area contributed by atoms with Gasteiger partial charge in [-0.15, -0.1) is 5.10 Å². The standard InChI is InChI=1S/C39H66N7O12P/c1-25(47)42-30-32(49)31(48)29(22-46-21-28(44-45-46)26-16-15-17-27(20-26)54-9)57-33(30)56-19-14-12-11-13-18-41-34(50)36(2,3)23-39(8,40)35(51)43-37(4,5)24-38(6,7)58-59(52,53)55-10/h15-17,20-21,29-33,48-49H,11-14,18-19,22-24,40H2,1-10H3,(H,41,50)(H,42,47)(H,43,51)(H,52,53). The molecular weight excluding hydrogens is 789 g/mol. The maximum absolute atomic E-state index is 13.3. The number of methoxy groups -OCH3 is 1. The number of ether oxygens (including phenoxy) is 3. The molecule has 7 unspecified atom stereocenters. The Bertz CT molecular complexity index is 1750. The number of hydrogen-bond acceptors (Lipinski definition) is 14. The molecule has 0 spiro atoms. The Morgan fingerprint density at radius 3 is 2.31 bits per heavy atom. The lowest BCUT2D eigenvalue weighted by Crippen LogP contribution is -2.64. The van der Waals surface area contributed by atoms with E-state index in [1.54, 1.807) is 61.8 Å². The number of aliphatic hydroxyl groups is 2. The van der Waals surface area contributed by atoms with E-state index in [-0.39, 0.29) is 31.9 Å². The fourth-order valence-corrected chi connectivity index (χ4v) is 8.10. The van der Waals surface area contributed by atoms with Crippen molar-refractivity contribution >= 4 is 25.5 Å². The summed E-state index contributed by atoms with van der Waals surface area (Å²) in [5, 5.41) is 38.8. The highest BCUT2D eigenvalue weighted by Gasteiger charge is 2.46. The highest BCUT2D eigenvalue weighted by molar-refractivity contribution is 7.47. The van der Waals surface area contributed by atoms with Gasteiger partial charge in [0.05, 0.1) is 31.0 Å². The molecule has 1 aromatic heterocycles. The predicted molar refractivity (Wildman–Crippen MR) is 218 cm³/mol. The second kappa shape index (κ2) is 20.8. The number of aliphatic hydroxyl groups excluding tert-OH is 2. The number of benzene rings is 1. The Kier molecular flexibility index (Phi) is 17.6. The number of aromatic nitrogens is 3.